The minimum atomic E-state index is -4.76. The number of pyridine rings is 1. The third kappa shape index (κ3) is 1.54. The summed E-state index contributed by atoms with van der Waals surface area (Å²) in [5.74, 6) is 0. The van der Waals surface area contributed by atoms with Crippen LogP contribution in [0.3, 0.4) is 0 Å². The van der Waals surface area contributed by atoms with Gasteiger partial charge in [0.1, 0.15) is 0 Å². The Morgan fingerprint density at radius 2 is 1.89 bits per heavy atom. The van der Waals surface area contributed by atoms with Gasteiger partial charge < -0.3 is 0 Å². The topological polar surface area (TPSA) is 39.8 Å². The number of hydrogen-bond acceptors (Lipinski definition) is 2. The number of halogens is 3. The molecule has 98 valence electrons. The fourth-order valence-corrected chi connectivity index (χ4v) is 2.23. The molecule has 0 aliphatic carbocycles. The molecule has 0 N–H and O–H groups in total. The number of para-hydroxylation sites is 1. The van der Waals surface area contributed by atoms with Gasteiger partial charge in [-0.2, -0.15) is 4.57 Å². The molecule has 3 rings (SSSR count). The molecule has 3 aromatic rings. The number of benzene rings is 1. The minimum Gasteiger partial charge on any atom is -0.294 e. The summed E-state index contributed by atoms with van der Waals surface area (Å²) in [4.78, 5) is 15.7. The van der Waals surface area contributed by atoms with E-state index in [9.17, 15) is 18.0 Å². The van der Waals surface area contributed by atoms with Gasteiger partial charge in [-0.1, -0.05) is 18.2 Å². The molecule has 0 saturated heterocycles. The molecule has 2 heterocycles. The largest absolute Gasteiger partial charge is 0.493 e. The number of imidazole rings is 1. The number of nitrogens with zero attached hydrogens (tertiary/aromatic N) is 3. The molecule has 4 nitrogen and oxygen atoms in total. The molecule has 2 aromatic heterocycles. The van der Waals surface area contributed by atoms with Crippen LogP contribution in [0, 0.1) is 0 Å². The molecule has 0 amide bonds. The summed E-state index contributed by atoms with van der Waals surface area (Å²) < 4.78 is 39.5. The third-order valence-electron chi connectivity index (χ3n) is 3.04. The van der Waals surface area contributed by atoms with Gasteiger partial charge in [-0.15, -0.1) is 13.2 Å². The molecule has 0 unspecified atom stereocenters. The Bertz CT molecular complexity index is 845. The van der Waals surface area contributed by atoms with Crippen molar-refractivity contribution in [2.45, 2.75) is 6.30 Å². The van der Waals surface area contributed by atoms with Crippen LogP contribution in [-0.4, -0.2) is 14.1 Å². The maximum Gasteiger partial charge on any atom is 0.493 e. The number of aromatic nitrogens is 3. The highest BCUT2D eigenvalue weighted by Gasteiger charge is 2.36. The first-order valence-electron chi connectivity index (χ1n) is 5.43. The molecule has 1 aromatic carbocycles. The molecule has 0 aliphatic rings. The van der Waals surface area contributed by atoms with Crippen LogP contribution in [0.5, 0.6) is 0 Å². The van der Waals surface area contributed by atoms with Crippen LogP contribution in [0.25, 0.3) is 21.9 Å². The van der Waals surface area contributed by atoms with Crippen LogP contribution in [0.1, 0.15) is 0 Å². The van der Waals surface area contributed by atoms with Crippen LogP contribution >= 0.6 is 0 Å². The van der Waals surface area contributed by atoms with Crippen LogP contribution in [0.4, 0.5) is 13.2 Å². The number of aryl methyl sites for hydroxylation is 1. The first kappa shape index (κ1) is 11.8. The zero-order valence-electron chi connectivity index (χ0n) is 9.77. The van der Waals surface area contributed by atoms with Crippen LogP contribution in [0.2, 0.25) is 0 Å². The Morgan fingerprint density at radius 1 is 1.21 bits per heavy atom. The Kier molecular flexibility index (Phi) is 2.23. The second kappa shape index (κ2) is 3.59. The number of fused-ring (bicyclic) bond motifs is 3. The Balaban J connectivity index is 2.61. The molecule has 7 heteroatoms. The van der Waals surface area contributed by atoms with Gasteiger partial charge in [0.15, 0.2) is 0 Å². The van der Waals surface area contributed by atoms with E-state index in [4.69, 9.17) is 0 Å². The van der Waals surface area contributed by atoms with E-state index in [1.165, 1.54) is 7.05 Å². The predicted octanol–water partition coefficient (Wildman–Crippen LogP) is 2.36. The summed E-state index contributed by atoms with van der Waals surface area (Å²) in [5.41, 5.74) is -0.586. The van der Waals surface area contributed by atoms with E-state index >= 15 is 0 Å². The van der Waals surface area contributed by atoms with Gasteiger partial charge in [-0.3, -0.25) is 9.55 Å². The number of rotatable bonds is 0. The first-order valence-corrected chi connectivity index (χ1v) is 5.43. The highest BCUT2D eigenvalue weighted by molar-refractivity contribution is 6.02. The maximum absolute atomic E-state index is 12.9. The third-order valence-corrected chi connectivity index (χ3v) is 3.04. The van der Waals surface area contributed by atoms with Gasteiger partial charge in [0.05, 0.1) is 22.7 Å². The molecule has 0 bridgehead atoms. The lowest BCUT2D eigenvalue weighted by Crippen LogP contribution is -2.31. The fraction of sp³-hybridized carbons (Fsp3) is 0.167. The van der Waals surface area contributed by atoms with E-state index in [1.807, 2.05) is 0 Å². The minimum absolute atomic E-state index is 0.193. The van der Waals surface area contributed by atoms with Gasteiger partial charge in [0.2, 0.25) is 0 Å². The average molecular weight is 267 g/mol. The molecular weight excluding hydrogens is 259 g/mol. The summed E-state index contributed by atoms with van der Waals surface area (Å²) in [6, 6.07) is 6.76. The summed E-state index contributed by atoms with van der Waals surface area (Å²) in [6.07, 6.45) is -3.69. The zero-order chi connectivity index (χ0) is 13.8. The SMILES string of the molecule is Cn1c(=O)n(C(F)(F)F)c2cnc3ccccc3c21. The van der Waals surface area contributed by atoms with Crippen LogP contribution < -0.4 is 5.69 Å². The molecule has 0 aliphatic heterocycles. The van der Waals surface area contributed by atoms with Crippen LogP contribution in [0.15, 0.2) is 35.3 Å². The van der Waals surface area contributed by atoms with E-state index in [-0.39, 0.29) is 15.6 Å². The van der Waals surface area contributed by atoms with E-state index in [1.54, 1.807) is 24.3 Å². The fourth-order valence-electron chi connectivity index (χ4n) is 2.23. The zero-order valence-corrected chi connectivity index (χ0v) is 9.77. The lowest BCUT2D eigenvalue weighted by atomic mass is 10.2. The molecule has 0 saturated carbocycles. The molecule has 0 atom stereocenters. The standard InChI is InChI=1S/C12H8F3N3O/c1-17-10-7-4-2-3-5-8(7)16-6-9(10)18(11(17)19)12(13,14)15/h2-6H,1H3. The van der Waals surface area contributed by atoms with Gasteiger partial charge >= 0.3 is 12.0 Å². The van der Waals surface area contributed by atoms with Crippen molar-refractivity contribution in [3.63, 3.8) is 0 Å². The monoisotopic (exact) mass is 267 g/mol. The summed E-state index contributed by atoms with van der Waals surface area (Å²) in [7, 11) is 1.32. The first-order chi connectivity index (χ1) is 8.91. The lowest BCUT2D eigenvalue weighted by molar-refractivity contribution is -0.203. The normalized spacial score (nSPS) is 12.4. The second-order valence-electron chi connectivity index (χ2n) is 4.15. The van der Waals surface area contributed by atoms with E-state index in [0.717, 1.165) is 10.8 Å². The predicted molar refractivity (Wildman–Crippen MR) is 63.8 cm³/mol. The van der Waals surface area contributed by atoms with Gasteiger partial charge in [0, 0.05) is 12.4 Å². The van der Waals surface area contributed by atoms with Crippen molar-refractivity contribution in [1.29, 1.82) is 0 Å². The summed E-state index contributed by atoms with van der Waals surface area (Å²) >= 11 is 0. The maximum atomic E-state index is 12.9. The Hall–Kier alpha value is -2.31. The molecule has 0 spiro atoms. The van der Waals surface area contributed by atoms with Gasteiger partial charge in [-0.25, -0.2) is 4.79 Å². The number of alkyl halides is 3. The summed E-state index contributed by atoms with van der Waals surface area (Å²) in [6.45, 7) is 0. The smallest absolute Gasteiger partial charge is 0.294 e. The lowest BCUT2D eigenvalue weighted by Gasteiger charge is -2.06. The van der Waals surface area contributed by atoms with Gasteiger partial charge in [0.25, 0.3) is 0 Å². The van der Waals surface area contributed by atoms with Crippen molar-refractivity contribution in [1.82, 2.24) is 14.1 Å². The highest BCUT2D eigenvalue weighted by atomic mass is 19.4. The molecule has 0 fully saturated rings. The molecule has 0 radical (unpaired) electrons. The van der Waals surface area contributed by atoms with E-state index < -0.39 is 12.0 Å². The Morgan fingerprint density at radius 3 is 2.58 bits per heavy atom. The second-order valence-corrected chi connectivity index (χ2v) is 4.15. The quantitative estimate of drug-likeness (QED) is 0.627. The van der Waals surface area contributed by atoms with Crippen molar-refractivity contribution < 1.29 is 13.2 Å². The van der Waals surface area contributed by atoms with Crippen molar-refractivity contribution >= 4 is 21.9 Å². The molecule has 19 heavy (non-hydrogen) atoms. The molecular formula is C12H8F3N3O. The Labute approximate surface area is 104 Å². The number of hydrogen-bond donors (Lipinski definition) is 0. The summed E-state index contributed by atoms with van der Waals surface area (Å²) in [5, 5.41) is 0.516. The van der Waals surface area contributed by atoms with E-state index in [2.05, 4.69) is 4.98 Å². The van der Waals surface area contributed by atoms with Crippen molar-refractivity contribution in [2.24, 2.45) is 7.05 Å². The van der Waals surface area contributed by atoms with Crippen LogP contribution in [-0.2, 0) is 13.3 Å². The van der Waals surface area contributed by atoms with E-state index in [0.29, 0.717) is 10.9 Å². The van der Waals surface area contributed by atoms with Gasteiger partial charge in [-0.05, 0) is 6.07 Å². The average Bonchev–Trinajstić information content (AvgIpc) is 2.62. The van der Waals surface area contributed by atoms with Crippen molar-refractivity contribution in [3.05, 3.63) is 40.9 Å². The van der Waals surface area contributed by atoms with Crippen molar-refractivity contribution in [2.75, 3.05) is 0 Å². The highest BCUT2D eigenvalue weighted by Crippen LogP contribution is 2.28. The van der Waals surface area contributed by atoms with Crippen molar-refractivity contribution in [3.8, 4) is 0 Å².